The molecule has 126 valence electrons. The molecule has 0 N–H and O–H groups in total. The molecule has 0 aliphatic carbocycles. The quantitative estimate of drug-likeness (QED) is 0.832. The summed E-state index contributed by atoms with van der Waals surface area (Å²) in [6, 6.07) is 2.10. The van der Waals surface area contributed by atoms with Gasteiger partial charge in [0, 0.05) is 50.8 Å². The van der Waals surface area contributed by atoms with Crippen LogP contribution in [0.2, 0.25) is 0 Å². The number of ether oxygens (including phenoxy) is 2. The fourth-order valence-electron chi connectivity index (χ4n) is 3.80. The first-order valence-electron chi connectivity index (χ1n) is 8.88. The van der Waals surface area contributed by atoms with E-state index in [2.05, 4.69) is 27.8 Å². The number of rotatable bonds is 2. The van der Waals surface area contributed by atoms with Gasteiger partial charge in [0.25, 0.3) is 0 Å². The van der Waals surface area contributed by atoms with E-state index in [0.29, 0.717) is 0 Å². The van der Waals surface area contributed by atoms with Crippen LogP contribution in [0.1, 0.15) is 37.8 Å². The molecular formula is C17H26N4O2. The Morgan fingerprint density at radius 2 is 1.61 bits per heavy atom. The third kappa shape index (κ3) is 3.15. The van der Waals surface area contributed by atoms with E-state index >= 15 is 0 Å². The van der Waals surface area contributed by atoms with Crippen molar-refractivity contribution in [3.63, 3.8) is 0 Å². The SMILES string of the molecule is Cc1cc(N2CCC3(CC2)OCCO3)nc(N2CCCCC2)n1. The van der Waals surface area contributed by atoms with E-state index in [9.17, 15) is 0 Å². The Morgan fingerprint density at radius 3 is 2.30 bits per heavy atom. The van der Waals surface area contributed by atoms with Gasteiger partial charge in [-0.05, 0) is 26.2 Å². The number of hydrogen-bond acceptors (Lipinski definition) is 6. The summed E-state index contributed by atoms with van der Waals surface area (Å²) in [6.45, 7) is 7.53. The molecule has 4 rings (SSSR count). The van der Waals surface area contributed by atoms with Crippen LogP contribution in [0.4, 0.5) is 11.8 Å². The molecule has 1 spiro atoms. The van der Waals surface area contributed by atoms with Gasteiger partial charge in [-0.1, -0.05) is 0 Å². The van der Waals surface area contributed by atoms with Gasteiger partial charge in [0.05, 0.1) is 13.2 Å². The lowest BCUT2D eigenvalue weighted by molar-refractivity contribution is -0.169. The van der Waals surface area contributed by atoms with Crippen molar-refractivity contribution in [3.8, 4) is 0 Å². The first-order valence-corrected chi connectivity index (χ1v) is 8.88. The zero-order valence-corrected chi connectivity index (χ0v) is 14.0. The lowest BCUT2D eigenvalue weighted by Crippen LogP contribution is -2.45. The van der Waals surface area contributed by atoms with Crippen LogP contribution in [0, 0.1) is 6.92 Å². The van der Waals surface area contributed by atoms with E-state index in [1.54, 1.807) is 0 Å². The molecule has 4 heterocycles. The highest BCUT2D eigenvalue weighted by Gasteiger charge is 2.40. The summed E-state index contributed by atoms with van der Waals surface area (Å²) in [5, 5.41) is 0. The number of nitrogens with zero attached hydrogens (tertiary/aromatic N) is 4. The van der Waals surface area contributed by atoms with Crippen molar-refractivity contribution in [1.82, 2.24) is 9.97 Å². The van der Waals surface area contributed by atoms with E-state index < -0.39 is 0 Å². The highest BCUT2D eigenvalue weighted by molar-refractivity contribution is 5.46. The minimum absolute atomic E-state index is 0.325. The second-order valence-electron chi connectivity index (χ2n) is 6.81. The fourth-order valence-corrected chi connectivity index (χ4v) is 3.80. The molecule has 3 fully saturated rings. The van der Waals surface area contributed by atoms with Gasteiger partial charge >= 0.3 is 0 Å². The summed E-state index contributed by atoms with van der Waals surface area (Å²) in [4.78, 5) is 14.2. The molecule has 0 radical (unpaired) electrons. The van der Waals surface area contributed by atoms with Crippen molar-refractivity contribution < 1.29 is 9.47 Å². The molecule has 1 aromatic rings. The van der Waals surface area contributed by atoms with Crippen LogP contribution in [0.5, 0.6) is 0 Å². The molecule has 6 heteroatoms. The summed E-state index contributed by atoms with van der Waals surface area (Å²) in [7, 11) is 0. The predicted molar refractivity (Wildman–Crippen MR) is 88.9 cm³/mol. The average Bonchev–Trinajstić information content (AvgIpc) is 3.04. The molecule has 0 amide bonds. The second kappa shape index (κ2) is 6.24. The molecule has 0 atom stereocenters. The summed E-state index contributed by atoms with van der Waals surface area (Å²) < 4.78 is 11.6. The third-order valence-electron chi connectivity index (χ3n) is 5.13. The Balaban J connectivity index is 1.49. The molecule has 6 nitrogen and oxygen atoms in total. The van der Waals surface area contributed by atoms with Crippen LogP contribution in [0.3, 0.4) is 0 Å². The largest absolute Gasteiger partial charge is 0.356 e. The van der Waals surface area contributed by atoms with Gasteiger partial charge in [-0.3, -0.25) is 0 Å². The number of piperidine rings is 2. The summed E-state index contributed by atoms with van der Waals surface area (Å²) in [5.74, 6) is 1.62. The Labute approximate surface area is 137 Å². The minimum Gasteiger partial charge on any atom is -0.356 e. The summed E-state index contributed by atoms with van der Waals surface area (Å²) in [6.07, 6.45) is 5.63. The normalized spacial score (nSPS) is 24.4. The lowest BCUT2D eigenvalue weighted by Gasteiger charge is -2.38. The topological polar surface area (TPSA) is 50.7 Å². The van der Waals surface area contributed by atoms with Crippen molar-refractivity contribution in [3.05, 3.63) is 11.8 Å². The van der Waals surface area contributed by atoms with Gasteiger partial charge < -0.3 is 19.3 Å². The monoisotopic (exact) mass is 318 g/mol. The number of anilines is 2. The van der Waals surface area contributed by atoms with Crippen molar-refractivity contribution in [2.45, 2.75) is 44.8 Å². The van der Waals surface area contributed by atoms with Crippen LogP contribution in [-0.4, -0.2) is 55.1 Å². The van der Waals surface area contributed by atoms with Gasteiger partial charge in [0.2, 0.25) is 5.95 Å². The molecule has 0 bridgehead atoms. The van der Waals surface area contributed by atoms with Crippen molar-refractivity contribution in [1.29, 1.82) is 0 Å². The van der Waals surface area contributed by atoms with Crippen LogP contribution in [0.25, 0.3) is 0 Å². The van der Waals surface area contributed by atoms with E-state index in [-0.39, 0.29) is 5.79 Å². The number of aryl methyl sites for hydroxylation is 1. The predicted octanol–water partition coefficient (Wildman–Crippen LogP) is 2.12. The molecule has 0 saturated carbocycles. The minimum atomic E-state index is -0.325. The molecule has 3 saturated heterocycles. The van der Waals surface area contributed by atoms with Crippen LogP contribution >= 0.6 is 0 Å². The van der Waals surface area contributed by atoms with Gasteiger partial charge in [-0.2, -0.15) is 4.98 Å². The Hall–Kier alpha value is -1.40. The van der Waals surface area contributed by atoms with E-state index in [1.807, 2.05) is 0 Å². The maximum absolute atomic E-state index is 5.82. The molecule has 0 unspecified atom stereocenters. The average molecular weight is 318 g/mol. The smallest absolute Gasteiger partial charge is 0.227 e. The maximum Gasteiger partial charge on any atom is 0.227 e. The van der Waals surface area contributed by atoms with Gasteiger partial charge in [0.15, 0.2) is 5.79 Å². The van der Waals surface area contributed by atoms with Gasteiger partial charge in [-0.15, -0.1) is 0 Å². The summed E-state index contributed by atoms with van der Waals surface area (Å²) >= 11 is 0. The first kappa shape index (κ1) is 15.1. The Kier molecular flexibility index (Phi) is 4.11. The molecular weight excluding hydrogens is 292 g/mol. The zero-order valence-electron chi connectivity index (χ0n) is 14.0. The molecule has 1 aromatic heterocycles. The Morgan fingerprint density at radius 1 is 0.913 bits per heavy atom. The van der Waals surface area contributed by atoms with Crippen molar-refractivity contribution in [2.24, 2.45) is 0 Å². The molecule has 0 aromatic carbocycles. The third-order valence-corrected chi connectivity index (χ3v) is 5.13. The molecule has 3 aliphatic rings. The molecule has 23 heavy (non-hydrogen) atoms. The number of aromatic nitrogens is 2. The van der Waals surface area contributed by atoms with E-state index in [4.69, 9.17) is 14.5 Å². The van der Waals surface area contributed by atoms with Crippen LogP contribution < -0.4 is 9.80 Å². The van der Waals surface area contributed by atoms with Gasteiger partial charge in [0.1, 0.15) is 5.82 Å². The maximum atomic E-state index is 5.82. The number of hydrogen-bond donors (Lipinski definition) is 0. The van der Waals surface area contributed by atoms with E-state index in [1.165, 1.54) is 19.3 Å². The first-order chi connectivity index (χ1) is 11.2. The highest BCUT2D eigenvalue weighted by Crippen LogP contribution is 2.33. The van der Waals surface area contributed by atoms with Crippen LogP contribution in [-0.2, 0) is 9.47 Å². The summed E-state index contributed by atoms with van der Waals surface area (Å²) in [5.41, 5.74) is 1.05. The fraction of sp³-hybridized carbons (Fsp3) is 0.765. The molecule has 3 aliphatic heterocycles. The second-order valence-corrected chi connectivity index (χ2v) is 6.81. The van der Waals surface area contributed by atoms with Crippen molar-refractivity contribution in [2.75, 3.05) is 49.2 Å². The zero-order chi connectivity index (χ0) is 15.7. The van der Waals surface area contributed by atoms with Crippen molar-refractivity contribution >= 4 is 11.8 Å². The Bertz CT molecular complexity index is 544. The van der Waals surface area contributed by atoms with E-state index in [0.717, 1.165) is 69.7 Å². The highest BCUT2D eigenvalue weighted by atomic mass is 16.7. The van der Waals surface area contributed by atoms with Gasteiger partial charge in [-0.25, -0.2) is 4.98 Å². The van der Waals surface area contributed by atoms with Crippen LogP contribution in [0.15, 0.2) is 6.07 Å². The lowest BCUT2D eigenvalue weighted by atomic mass is 10.0. The standard InChI is InChI=1S/C17H26N4O2/c1-14-13-15(19-16(18-14)21-7-3-2-4-8-21)20-9-5-17(6-10-20)22-11-12-23-17/h13H,2-12H2,1H3.